The van der Waals surface area contributed by atoms with E-state index in [1.165, 1.54) is 0 Å². The third-order valence-electron chi connectivity index (χ3n) is 7.10. The maximum absolute atomic E-state index is 13.4. The molecular formula is C33H39IN2O4. The lowest BCUT2D eigenvalue weighted by Crippen LogP contribution is -2.32. The number of carbonyl (C=O) groups excluding carboxylic acids is 2. The molecule has 0 radical (unpaired) electrons. The van der Waals surface area contributed by atoms with Gasteiger partial charge in [0.25, 0.3) is 0 Å². The first-order valence-corrected chi connectivity index (χ1v) is 14.5. The van der Waals surface area contributed by atoms with Crippen LogP contribution in [0.1, 0.15) is 68.5 Å². The van der Waals surface area contributed by atoms with Crippen molar-refractivity contribution >= 4 is 40.1 Å². The van der Waals surface area contributed by atoms with Crippen molar-refractivity contribution in [3.05, 3.63) is 78.8 Å². The molecule has 40 heavy (non-hydrogen) atoms. The zero-order chi connectivity index (χ0) is 30.1. The molecule has 212 valence electrons. The molecule has 2 amide bonds. The maximum atomic E-state index is 13.4. The quantitative estimate of drug-likeness (QED) is 0.189. The highest BCUT2D eigenvalue weighted by Gasteiger charge is 2.34. The molecule has 0 spiro atoms. The molecule has 0 saturated heterocycles. The fourth-order valence-electron chi connectivity index (χ4n) is 4.84. The third-order valence-corrected chi connectivity index (χ3v) is 8.26. The number of benzene rings is 3. The minimum absolute atomic E-state index is 0.0690. The van der Waals surface area contributed by atoms with Gasteiger partial charge in [0.2, 0.25) is 5.91 Å². The van der Waals surface area contributed by atoms with Crippen LogP contribution in [-0.2, 0) is 14.3 Å². The van der Waals surface area contributed by atoms with Crippen LogP contribution in [0.15, 0.2) is 47.6 Å². The summed E-state index contributed by atoms with van der Waals surface area (Å²) >= 11 is 2.32. The van der Waals surface area contributed by atoms with Crippen LogP contribution in [0.4, 0.5) is 5.69 Å². The van der Waals surface area contributed by atoms with Gasteiger partial charge in [0.05, 0.1) is 11.3 Å². The molecule has 0 aromatic heterocycles. The summed E-state index contributed by atoms with van der Waals surface area (Å²) in [6, 6.07) is 14.2. The fraction of sp³-hybridized carbons (Fsp3) is 0.394. The predicted molar refractivity (Wildman–Crippen MR) is 172 cm³/mol. The van der Waals surface area contributed by atoms with Gasteiger partial charge in [-0.1, -0.05) is 44.2 Å². The molecule has 3 aromatic rings. The molecule has 3 rings (SSSR count). The van der Waals surface area contributed by atoms with Crippen LogP contribution in [0.5, 0.6) is 0 Å². The van der Waals surface area contributed by atoms with E-state index in [2.05, 4.69) is 59.0 Å². The summed E-state index contributed by atoms with van der Waals surface area (Å²) < 4.78 is 7.32. The average molecular weight is 655 g/mol. The van der Waals surface area contributed by atoms with Crippen molar-refractivity contribution in [1.82, 2.24) is 0 Å². The first kappa shape index (κ1) is 31.6. The van der Waals surface area contributed by atoms with Crippen LogP contribution in [-0.4, -0.2) is 24.5 Å². The van der Waals surface area contributed by atoms with E-state index in [-0.39, 0.29) is 11.8 Å². The Morgan fingerprint density at radius 1 is 0.875 bits per heavy atom. The number of rotatable bonds is 7. The number of carbonyl (C=O) groups is 2. The number of amides is 2. The van der Waals surface area contributed by atoms with Crippen LogP contribution >= 0.6 is 22.6 Å². The van der Waals surface area contributed by atoms with Crippen molar-refractivity contribution in [2.45, 2.75) is 74.0 Å². The van der Waals surface area contributed by atoms with Crippen LogP contribution in [0, 0.1) is 42.1 Å². The smallest absolute Gasteiger partial charge is 0.319 e. The standard InChI is InChI=1S/C33H39IN2O4/c1-18(2)32(38)36(10)27-17-25(30(31(37)35-39)40-33(7,8)9)28(23-13-11-19(3)21(5)15-23)22(6)29(27)24-14-12-20(4)26(34)16-24/h11-18,30H,1-10H3. The SMILES string of the molecule is Cc1ccc(-c2c(C(OC(C)(C)C)C(=O)N=O)cc(N(C)C(=O)C(C)C)c(-c3ccc(C)c(I)c3)c2C)cc1C. The molecule has 0 saturated carbocycles. The average Bonchev–Trinajstić information content (AvgIpc) is 2.88. The summed E-state index contributed by atoms with van der Waals surface area (Å²) in [5.74, 6) is -1.24. The Bertz CT molecular complexity index is 1470. The first-order valence-electron chi connectivity index (χ1n) is 13.4. The molecule has 1 atom stereocenters. The van der Waals surface area contributed by atoms with Gasteiger partial charge >= 0.3 is 5.91 Å². The molecule has 3 aromatic carbocycles. The van der Waals surface area contributed by atoms with Gasteiger partial charge in [-0.2, -0.15) is 0 Å². The maximum Gasteiger partial charge on any atom is 0.319 e. The molecule has 0 fully saturated rings. The van der Waals surface area contributed by atoms with Crippen LogP contribution in [0.3, 0.4) is 0 Å². The molecule has 6 nitrogen and oxygen atoms in total. The second kappa shape index (κ2) is 12.3. The Morgan fingerprint density at radius 2 is 1.45 bits per heavy atom. The number of ether oxygens (including phenoxy) is 1. The van der Waals surface area contributed by atoms with Gasteiger partial charge in [0.1, 0.15) is 0 Å². The van der Waals surface area contributed by atoms with Gasteiger partial charge in [-0.15, -0.1) is 4.91 Å². The highest BCUT2D eigenvalue weighted by Crippen LogP contribution is 2.46. The number of nitrogens with zero attached hydrogens (tertiary/aromatic N) is 2. The van der Waals surface area contributed by atoms with Crippen molar-refractivity contribution in [3.63, 3.8) is 0 Å². The van der Waals surface area contributed by atoms with Crippen molar-refractivity contribution in [2.24, 2.45) is 11.1 Å². The van der Waals surface area contributed by atoms with Crippen molar-refractivity contribution < 1.29 is 14.3 Å². The van der Waals surface area contributed by atoms with Crippen LogP contribution in [0.2, 0.25) is 0 Å². The largest absolute Gasteiger partial charge is 0.358 e. The molecular weight excluding hydrogens is 615 g/mol. The van der Waals surface area contributed by atoms with Gasteiger partial charge < -0.3 is 9.64 Å². The predicted octanol–water partition coefficient (Wildman–Crippen LogP) is 8.63. The summed E-state index contributed by atoms with van der Waals surface area (Å²) in [5, 5.41) is 2.79. The molecule has 0 heterocycles. The third kappa shape index (κ3) is 6.69. The molecule has 7 heteroatoms. The van der Waals surface area contributed by atoms with Crippen molar-refractivity contribution in [1.29, 1.82) is 0 Å². The van der Waals surface area contributed by atoms with E-state index in [1.54, 1.807) is 11.9 Å². The first-order chi connectivity index (χ1) is 18.6. The molecule has 0 aliphatic heterocycles. The molecule has 0 N–H and O–H groups in total. The van der Waals surface area contributed by atoms with Gasteiger partial charge in [-0.05, 0) is 122 Å². The normalized spacial score (nSPS) is 12.4. The second-order valence-corrected chi connectivity index (χ2v) is 12.9. The Balaban J connectivity index is 2.56. The topological polar surface area (TPSA) is 76.0 Å². The lowest BCUT2D eigenvalue weighted by Gasteiger charge is -2.31. The monoisotopic (exact) mass is 654 g/mol. The number of hydrogen-bond donors (Lipinski definition) is 0. The molecule has 0 aliphatic carbocycles. The fourth-order valence-corrected chi connectivity index (χ4v) is 5.36. The summed E-state index contributed by atoms with van der Waals surface area (Å²) in [4.78, 5) is 39.7. The highest BCUT2D eigenvalue weighted by atomic mass is 127. The van der Waals surface area contributed by atoms with Gasteiger partial charge in [-0.25, -0.2) is 0 Å². The van der Waals surface area contributed by atoms with E-state index in [0.29, 0.717) is 11.3 Å². The van der Waals surface area contributed by atoms with Crippen molar-refractivity contribution in [2.75, 3.05) is 11.9 Å². The van der Waals surface area contributed by atoms with E-state index in [9.17, 15) is 14.5 Å². The second-order valence-electron chi connectivity index (χ2n) is 11.7. The molecule has 0 bridgehead atoms. The van der Waals surface area contributed by atoms with Gasteiger partial charge in [-0.3, -0.25) is 9.59 Å². The molecule has 0 aliphatic rings. The summed E-state index contributed by atoms with van der Waals surface area (Å²) in [7, 11) is 1.75. The minimum atomic E-state index is -1.25. The van der Waals surface area contributed by atoms with Gasteiger partial charge in [0.15, 0.2) is 6.10 Å². The van der Waals surface area contributed by atoms with Crippen molar-refractivity contribution in [3.8, 4) is 22.3 Å². The lowest BCUT2D eigenvalue weighted by atomic mass is 9.84. The van der Waals surface area contributed by atoms with Crippen LogP contribution in [0.25, 0.3) is 22.3 Å². The summed E-state index contributed by atoms with van der Waals surface area (Å²) in [5.41, 5.74) is 8.18. The van der Waals surface area contributed by atoms with E-state index >= 15 is 0 Å². The zero-order valence-electron chi connectivity index (χ0n) is 25.1. The Kier molecular flexibility index (Phi) is 9.73. The summed E-state index contributed by atoms with van der Waals surface area (Å²) in [6.07, 6.45) is -1.25. The minimum Gasteiger partial charge on any atom is -0.358 e. The number of halogens is 1. The van der Waals surface area contributed by atoms with E-state index in [1.807, 2.05) is 73.6 Å². The number of anilines is 1. The van der Waals surface area contributed by atoms with E-state index in [4.69, 9.17) is 4.74 Å². The van der Waals surface area contributed by atoms with Gasteiger partial charge in [0, 0.05) is 32.8 Å². The molecule has 1 unspecified atom stereocenters. The zero-order valence-corrected chi connectivity index (χ0v) is 27.3. The summed E-state index contributed by atoms with van der Waals surface area (Å²) in [6.45, 7) is 17.4. The Hall–Kier alpha value is -2.91. The van der Waals surface area contributed by atoms with E-state index < -0.39 is 17.6 Å². The Morgan fingerprint density at radius 3 is 1.95 bits per heavy atom. The number of aryl methyl sites for hydroxylation is 3. The lowest BCUT2D eigenvalue weighted by molar-refractivity contribution is -0.139. The highest BCUT2D eigenvalue weighted by molar-refractivity contribution is 14.1. The van der Waals surface area contributed by atoms with Crippen LogP contribution < -0.4 is 4.90 Å². The number of hydrogen-bond acceptors (Lipinski definition) is 4. The van der Waals surface area contributed by atoms with E-state index in [0.717, 1.165) is 48.1 Å². The Labute approximate surface area is 251 Å². The number of nitroso groups, excluding NO2 is 1.